The molecule has 3 aromatic rings. The second kappa shape index (κ2) is 6.52. The molecule has 1 amide bonds. The number of nitriles is 1. The van der Waals surface area contributed by atoms with Crippen molar-refractivity contribution in [3.05, 3.63) is 50.3 Å². The van der Waals surface area contributed by atoms with Gasteiger partial charge in [-0.3, -0.25) is 14.2 Å². The Bertz CT molecular complexity index is 1190. The monoisotopic (exact) mass is 381 g/mol. The van der Waals surface area contributed by atoms with E-state index in [2.05, 4.69) is 11.4 Å². The molecule has 0 bridgehead atoms. The van der Waals surface area contributed by atoms with Crippen molar-refractivity contribution in [2.45, 2.75) is 32.7 Å². The number of anilines is 1. The lowest BCUT2D eigenvalue weighted by Crippen LogP contribution is -2.24. The summed E-state index contributed by atoms with van der Waals surface area (Å²) < 4.78 is 6.37. The summed E-state index contributed by atoms with van der Waals surface area (Å²) in [7, 11) is 0. The molecule has 1 N–H and O–H groups in total. The molecule has 1 aromatic carbocycles. The third-order valence-corrected chi connectivity index (χ3v) is 5.87. The van der Waals surface area contributed by atoms with Gasteiger partial charge in [-0.1, -0.05) is 0 Å². The minimum Gasteiger partial charge on any atom is -0.408 e. The number of amides is 1. The molecule has 0 radical (unpaired) electrons. The SMILES string of the molecule is CC(=O)c1ccc2c(c1)oc(=O)n2CC(=O)Nc1sc2c(c1C#N)CCC2. The number of hydrogen-bond acceptors (Lipinski definition) is 6. The van der Waals surface area contributed by atoms with Gasteiger partial charge in [-0.05, 0) is 49.9 Å². The van der Waals surface area contributed by atoms with Crippen molar-refractivity contribution in [3.63, 3.8) is 0 Å². The fourth-order valence-corrected chi connectivity index (χ4v) is 4.61. The Hall–Kier alpha value is -3.18. The van der Waals surface area contributed by atoms with E-state index in [4.69, 9.17) is 4.42 Å². The minimum atomic E-state index is -0.671. The second-order valence-corrected chi connectivity index (χ2v) is 7.52. The summed E-state index contributed by atoms with van der Waals surface area (Å²) in [5, 5.41) is 12.7. The molecule has 0 saturated heterocycles. The number of aryl methyl sites for hydroxylation is 1. The molecule has 0 saturated carbocycles. The van der Waals surface area contributed by atoms with E-state index >= 15 is 0 Å². The van der Waals surface area contributed by atoms with Crippen LogP contribution in [0.4, 0.5) is 5.00 Å². The molecule has 1 aliphatic carbocycles. The van der Waals surface area contributed by atoms with Crippen molar-refractivity contribution in [1.29, 1.82) is 5.26 Å². The average molecular weight is 381 g/mol. The fraction of sp³-hybridized carbons (Fsp3) is 0.263. The molecule has 136 valence electrons. The molecule has 0 fully saturated rings. The average Bonchev–Trinajstić information content (AvgIpc) is 3.28. The molecule has 2 heterocycles. The highest BCUT2D eigenvalue weighted by atomic mass is 32.1. The summed E-state index contributed by atoms with van der Waals surface area (Å²) in [6.07, 6.45) is 2.81. The molecule has 0 aliphatic heterocycles. The highest BCUT2D eigenvalue weighted by molar-refractivity contribution is 7.16. The van der Waals surface area contributed by atoms with E-state index in [1.807, 2.05) is 0 Å². The number of hydrogen-bond donors (Lipinski definition) is 1. The maximum atomic E-state index is 12.5. The van der Waals surface area contributed by atoms with Crippen LogP contribution in [0, 0.1) is 11.3 Å². The number of fused-ring (bicyclic) bond motifs is 2. The van der Waals surface area contributed by atoms with Crippen LogP contribution in [0.1, 0.15) is 39.7 Å². The predicted molar refractivity (Wildman–Crippen MR) is 100 cm³/mol. The normalized spacial score (nSPS) is 12.7. The van der Waals surface area contributed by atoms with Gasteiger partial charge >= 0.3 is 5.76 Å². The van der Waals surface area contributed by atoms with Gasteiger partial charge in [0, 0.05) is 10.4 Å². The standard InChI is InChI=1S/C19H15N3O4S/c1-10(23)11-5-6-14-15(7-11)26-19(25)22(14)9-17(24)21-18-13(8-20)12-3-2-4-16(12)27-18/h5-7H,2-4,9H2,1H3,(H,21,24). The Morgan fingerprint density at radius 1 is 1.37 bits per heavy atom. The fourth-order valence-electron chi connectivity index (χ4n) is 3.36. The first kappa shape index (κ1) is 17.2. The van der Waals surface area contributed by atoms with Crippen LogP contribution in [-0.4, -0.2) is 16.3 Å². The quantitative estimate of drug-likeness (QED) is 0.700. The Labute approximate surface area is 157 Å². The van der Waals surface area contributed by atoms with Crippen LogP contribution in [0.5, 0.6) is 0 Å². The lowest BCUT2D eigenvalue weighted by atomic mass is 10.1. The number of nitrogens with zero attached hydrogens (tertiary/aromatic N) is 2. The van der Waals surface area contributed by atoms with Crippen LogP contribution in [-0.2, 0) is 24.2 Å². The van der Waals surface area contributed by atoms with Crippen LogP contribution in [0.25, 0.3) is 11.1 Å². The number of rotatable bonds is 4. The molecule has 27 heavy (non-hydrogen) atoms. The first-order valence-electron chi connectivity index (χ1n) is 8.46. The topological polar surface area (TPSA) is 105 Å². The van der Waals surface area contributed by atoms with Crippen molar-refractivity contribution >= 4 is 39.1 Å². The van der Waals surface area contributed by atoms with E-state index < -0.39 is 11.7 Å². The molecule has 0 spiro atoms. The van der Waals surface area contributed by atoms with Gasteiger partial charge in [0.05, 0.1) is 11.1 Å². The van der Waals surface area contributed by atoms with Gasteiger partial charge in [-0.2, -0.15) is 5.26 Å². The molecule has 1 aliphatic rings. The van der Waals surface area contributed by atoms with E-state index in [0.717, 1.165) is 29.7 Å². The third kappa shape index (κ3) is 2.96. The van der Waals surface area contributed by atoms with Crippen molar-refractivity contribution in [2.24, 2.45) is 0 Å². The number of carbonyl (C=O) groups is 2. The molecule has 7 nitrogen and oxygen atoms in total. The maximum absolute atomic E-state index is 12.5. The molecule has 0 atom stereocenters. The Morgan fingerprint density at radius 2 is 2.19 bits per heavy atom. The zero-order chi connectivity index (χ0) is 19.1. The largest absolute Gasteiger partial charge is 0.420 e. The number of thiophene rings is 1. The number of benzene rings is 1. The Balaban J connectivity index is 1.61. The summed E-state index contributed by atoms with van der Waals surface area (Å²) in [6, 6.07) is 6.84. The van der Waals surface area contributed by atoms with E-state index in [1.165, 1.54) is 28.9 Å². The number of ketones is 1. The molecule has 8 heteroatoms. The first-order chi connectivity index (χ1) is 13.0. The highest BCUT2D eigenvalue weighted by Gasteiger charge is 2.23. The van der Waals surface area contributed by atoms with E-state index in [0.29, 0.717) is 21.6 Å². The Morgan fingerprint density at radius 3 is 2.93 bits per heavy atom. The van der Waals surface area contributed by atoms with Crippen molar-refractivity contribution in [3.8, 4) is 6.07 Å². The lowest BCUT2D eigenvalue weighted by molar-refractivity contribution is -0.116. The van der Waals surface area contributed by atoms with Crippen LogP contribution in [0.2, 0.25) is 0 Å². The van der Waals surface area contributed by atoms with E-state index in [-0.39, 0.29) is 17.9 Å². The molecule has 2 aromatic heterocycles. The van der Waals surface area contributed by atoms with E-state index in [1.54, 1.807) is 12.1 Å². The number of nitrogens with one attached hydrogen (secondary N) is 1. The van der Waals surface area contributed by atoms with Gasteiger partial charge in [-0.25, -0.2) is 4.79 Å². The summed E-state index contributed by atoms with van der Waals surface area (Å²) in [5.74, 6) is -1.22. The van der Waals surface area contributed by atoms with Gasteiger partial charge in [0.1, 0.15) is 17.6 Å². The zero-order valence-electron chi connectivity index (χ0n) is 14.5. The first-order valence-corrected chi connectivity index (χ1v) is 9.28. The van der Waals surface area contributed by atoms with Crippen molar-refractivity contribution in [2.75, 3.05) is 5.32 Å². The van der Waals surface area contributed by atoms with Crippen molar-refractivity contribution in [1.82, 2.24) is 4.57 Å². The van der Waals surface area contributed by atoms with Crippen LogP contribution in [0.3, 0.4) is 0 Å². The second-order valence-electron chi connectivity index (χ2n) is 6.41. The maximum Gasteiger partial charge on any atom is 0.420 e. The molecular formula is C19H15N3O4S. The minimum absolute atomic E-state index is 0.139. The van der Waals surface area contributed by atoms with Gasteiger partial charge in [0.2, 0.25) is 5.91 Å². The Kier molecular flexibility index (Phi) is 4.16. The summed E-state index contributed by atoms with van der Waals surface area (Å²) in [6.45, 7) is 1.19. The number of Topliss-reactive ketones (excluding diaryl/α,β-unsaturated/α-hetero) is 1. The van der Waals surface area contributed by atoms with Gasteiger partial charge in [0.25, 0.3) is 0 Å². The lowest BCUT2D eigenvalue weighted by Gasteiger charge is -2.05. The molecule has 4 rings (SSSR count). The van der Waals surface area contributed by atoms with Gasteiger partial charge in [-0.15, -0.1) is 11.3 Å². The zero-order valence-corrected chi connectivity index (χ0v) is 15.3. The van der Waals surface area contributed by atoms with Crippen molar-refractivity contribution < 1.29 is 14.0 Å². The van der Waals surface area contributed by atoms with Crippen LogP contribution in [0.15, 0.2) is 27.4 Å². The van der Waals surface area contributed by atoms with E-state index in [9.17, 15) is 19.6 Å². The van der Waals surface area contributed by atoms with Gasteiger partial charge in [0.15, 0.2) is 11.4 Å². The van der Waals surface area contributed by atoms with Gasteiger partial charge < -0.3 is 9.73 Å². The van der Waals surface area contributed by atoms with Crippen LogP contribution >= 0.6 is 11.3 Å². The number of carbonyl (C=O) groups excluding carboxylic acids is 2. The molecular weight excluding hydrogens is 366 g/mol. The van der Waals surface area contributed by atoms with Crippen LogP contribution < -0.4 is 11.1 Å². The smallest absolute Gasteiger partial charge is 0.408 e. The summed E-state index contributed by atoms with van der Waals surface area (Å²) in [4.78, 5) is 37.2. The summed E-state index contributed by atoms with van der Waals surface area (Å²) >= 11 is 1.42. The molecule has 0 unspecified atom stereocenters. The highest BCUT2D eigenvalue weighted by Crippen LogP contribution is 2.38. The number of aromatic nitrogens is 1. The third-order valence-electron chi connectivity index (χ3n) is 4.66. The predicted octanol–water partition coefficient (Wildman–Crippen LogP) is 2.86. The summed E-state index contributed by atoms with van der Waals surface area (Å²) in [5.41, 5.74) is 2.68. The number of oxazole rings is 1.